The van der Waals surface area contributed by atoms with E-state index < -0.39 is 0 Å². The van der Waals surface area contributed by atoms with Crippen LogP contribution in [0.1, 0.15) is 47.4 Å². The summed E-state index contributed by atoms with van der Waals surface area (Å²) in [4.78, 5) is 27.0. The Morgan fingerprint density at radius 3 is 2.39 bits per heavy atom. The number of aryl methyl sites for hydroxylation is 1. The lowest BCUT2D eigenvalue weighted by molar-refractivity contribution is -0.135. The number of hydrogen-bond acceptors (Lipinski definition) is 2. The average Bonchev–Trinajstić information content (AvgIpc) is 3.25. The lowest BCUT2D eigenvalue weighted by atomic mass is 9.86. The van der Waals surface area contributed by atoms with E-state index in [0.717, 1.165) is 12.1 Å². The van der Waals surface area contributed by atoms with Gasteiger partial charge in [-0.3, -0.25) is 9.59 Å². The van der Waals surface area contributed by atoms with Gasteiger partial charge in [0.1, 0.15) is 0 Å². The maximum Gasteiger partial charge on any atom is 0.223 e. The Morgan fingerprint density at radius 1 is 0.944 bits per heavy atom. The molecule has 0 spiro atoms. The Bertz CT molecular complexity index is 1370. The molecule has 1 atom stereocenters. The van der Waals surface area contributed by atoms with Gasteiger partial charge in [0.2, 0.25) is 11.8 Å². The van der Waals surface area contributed by atoms with Gasteiger partial charge in [0.25, 0.3) is 0 Å². The van der Waals surface area contributed by atoms with Crippen LogP contribution in [0, 0.1) is 12.8 Å². The second kappa shape index (κ2) is 10.4. The first-order valence-corrected chi connectivity index (χ1v) is 12.7. The fourth-order valence-electron chi connectivity index (χ4n) is 5.48. The van der Waals surface area contributed by atoms with E-state index >= 15 is 0 Å². The summed E-state index contributed by atoms with van der Waals surface area (Å²) in [5.41, 5.74) is 11.4. The lowest BCUT2D eigenvalue weighted by Crippen LogP contribution is -2.42. The maximum absolute atomic E-state index is 13.6. The number of rotatable bonds is 7. The third-order valence-corrected chi connectivity index (χ3v) is 7.46. The number of hydrogen-bond donors (Lipinski definition) is 1. The number of carbonyl (C=O) groups is 2. The summed E-state index contributed by atoms with van der Waals surface area (Å²) in [6, 6.07) is 27.4. The summed E-state index contributed by atoms with van der Waals surface area (Å²) in [5, 5.41) is 1.18. The number of piperidine rings is 1. The fraction of sp³-hybridized carbons (Fsp3) is 0.290. The molecule has 2 N–H and O–H groups in total. The molecule has 4 aromatic rings. The van der Waals surface area contributed by atoms with Gasteiger partial charge >= 0.3 is 0 Å². The number of primary amides is 1. The first-order valence-electron chi connectivity index (χ1n) is 12.7. The second-order valence-corrected chi connectivity index (χ2v) is 9.94. The Morgan fingerprint density at radius 2 is 1.67 bits per heavy atom. The number of nitrogens with zero attached hydrogens (tertiary/aromatic N) is 2. The van der Waals surface area contributed by atoms with Gasteiger partial charge in [0.15, 0.2) is 0 Å². The summed E-state index contributed by atoms with van der Waals surface area (Å²) in [5.74, 6) is -0.318. The van der Waals surface area contributed by atoms with Crippen LogP contribution in [0.15, 0.2) is 85.1 Å². The largest absolute Gasteiger partial charge is 0.369 e. The SMILES string of the molecule is Cc1cccc(C(CC(=O)N2CCC(C(N)=O)CC2)c2cn(Cc3ccccc3)c3ccccc23)c1. The standard InChI is InChI=1S/C31H33N3O2/c1-22-8-7-11-25(18-22)27(19-30(35)33-16-14-24(15-17-33)31(32)36)28-21-34(20-23-9-3-2-4-10-23)29-13-6-5-12-26(28)29/h2-13,18,21,24,27H,14-17,19-20H2,1H3,(H2,32,36). The molecule has 1 aromatic heterocycles. The summed E-state index contributed by atoms with van der Waals surface area (Å²) >= 11 is 0. The predicted molar refractivity (Wildman–Crippen MR) is 144 cm³/mol. The molecule has 1 fully saturated rings. The first-order chi connectivity index (χ1) is 17.5. The van der Waals surface area contributed by atoms with Crippen molar-refractivity contribution in [2.75, 3.05) is 13.1 Å². The number of amides is 2. The topological polar surface area (TPSA) is 68.3 Å². The van der Waals surface area contributed by atoms with Crippen molar-refractivity contribution in [3.63, 3.8) is 0 Å². The monoisotopic (exact) mass is 479 g/mol. The smallest absolute Gasteiger partial charge is 0.223 e. The van der Waals surface area contributed by atoms with Gasteiger partial charge in [-0.25, -0.2) is 0 Å². The van der Waals surface area contributed by atoms with E-state index in [-0.39, 0.29) is 23.7 Å². The fourth-order valence-corrected chi connectivity index (χ4v) is 5.48. The molecular weight excluding hydrogens is 446 g/mol. The van der Waals surface area contributed by atoms with Crippen molar-refractivity contribution in [1.29, 1.82) is 0 Å². The number of likely N-dealkylation sites (tertiary alicyclic amines) is 1. The molecule has 1 aliphatic rings. The molecule has 36 heavy (non-hydrogen) atoms. The van der Waals surface area contributed by atoms with Gasteiger partial charge in [-0.05, 0) is 42.5 Å². The van der Waals surface area contributed by atoms with Crippen molar-refractivity contribution in [3.05, 3.63) is 107 Å². The quantitative estimate of drug-likeness (QED) is 0.394. The molecule has 0 saturated carbocycles. The minimum Gasteiger partial charge on any atom is -0.369 e. The second-order valence-electron chi connectivity index (χ2n) is 9.94. The molecule has 1 unspecified atom stereocenters. The highest BCUT2D eigenvalue weighted by Crippen LogP contribution is 2.36. The van der Waals surface area contributed by atoms with Crippen LogP contribution in [0.2, 0.25) is 0 Å². The zero-order chi connectivity index (χ0) is 25.1. The van der Waals surface area contributed by atoms with Gasteiger partial charge < -0.3 is 15.2 Å². The highest BCUT2D eigenvalue weighted by molar-refractivity contribution is 5.87. The van der Waals surface area contributed by atoms with E-state index in [2.05, 4.69) is 90.5 Å². The van der Waals surface area contributed by atoms with E-state index in [1.807, 2.05) is 11.0 Å². The van der Waals surface area contributed by atoms with Crippen molar-refractivity contribution in [1.82, 2.24) is 9.47 Å². The molecule has 5 heteroatoms. The third kappa shape index (κ3) is 5.06. The van der Waals surface area contributed by atoms with Crippen LogP contribution < -0.4 is 5.73 Å². The molecule has 0 aliphatic carbocycles. The normalized spacial score (nSPS) is 15.2. The molecule has 5 nitrogen and oxygen atoms in total. The van der Waals surface area contributed by atoms with E-state index in [0.29, 0.717) is 32.4 Å². The Labute approximate surface area is 212 Å². The van der Waals surface area contributed by atoms with Crippen LogP contribution in [-0.2, 0) is 16.1 Å². The van der Waals surface area contributed by atoms with Gasteiger partial charge in [-0.15, -0.1) is 0 Å². The molecule has 3 aromatic carbocycles. The van der Waals surface area contributed by atoms with E-state index in [4.69, 9.17) is 5.73 Å². The zero-order valence-corrected chi connectivity index (χ0v) is 20.8. The molecule has 0 bridgehead atoms. The molecule has 0 radical (unpaired) electrons. The summed E-state index contributed by atoms with van der Waals surface area (Å²) < 4.78 is 2.30. The minimum absolute atomic E-state index is 0.0619. The van der Waals surface area contributed by atoms with Gasteiger partial charge in [-0.2, -0.15) is 0 Å². The lowest BCUT2D eigenvalue weighted by Gasteiger charge is -2.32. The number of benzene rings is 3. The summed E-state index contributed by atoms with van der Waals surface area (Å²) in [6.45, 7) is 4.04. The highest BCUT2D eigenvalue weighted by atomic mass is 16.2. The van der Waals surface area contributed by atoms with Crippen LogP contribution in [0.3, 0.4) is 0 Å². The number of carbonyl (C=O) groups excluding carboxylic acids is 2. The Kier molecular flexibility index (Phi) is 6.90. The van der Waals surface area contributed by atoms with Gasteiger partial charge in [0.05, 0.1) is 0 Å². The molecule has 1 aliphatic heterocycles. The van der Waals surface area contributed by atoms with Crippen LogP contribution in [0.5, 0.6) is 0 Å². The predicted octanol–water partition coefficient (Wildman–Crippen LogP) is 5.24. The first kappa shape index (κ1) is 23.9. The minimum atomic E-state index is -0.258. The van der Waals surface area contributed by atoms with E-state index in [1.54, 1.807) is 0 Å². The van der Waals surface area contributed by atoms with Crippen molar-refractivity contribution < 1.29 is 9.59 Å². The Hall–Kier alpha value is -3.86. The van der Waals surface area contributed by atoms with Gasteiger partial charge in [0, 0.05) is 55.0 Å². The number of aromatic nitrogens is 1. The van der Waals surface area contributed by atoms with E-state index in [1.165, 1.54) is 27.6 Å². The molecule has 2 amide bonds. The molecule has 2 heterocycles. The number of nitrogens with two attached hydrogens (primary N) is 1. The third-order valence-electron chi connectivity index (χ3n) is 7.46. The summed E-state index contributed by atoms with van der Waals surface area (Å²) in [7, 11) is 0. The molecule has 1 saturated heterocycles. The van der Waals surface area contributed by atoms with Crippen LogP contribution in [-0.4, -0.2) is 34.4 Å². The van der Waals surface area contributed by atoms with Crippen LogP contribution in [0.25, 0.3) is 10.9 Å². The number of fused-ring (bicyclic) bond motifs is 1. The highest BCUT2D eigenvalue weighted by Gasteiger charge is 2.29. The average molecular weight is 480 g/mol. The van der Waals surface area contributed by atoms with Crippen molar-refractivity contribution in [2.45, 2.75) is 38.6 Å². The maximum atomic E-state index is 13.6. The van der Waals surface area contributed by atoms with Crippen LogP contribution in [0.4, 0.5) is 0 Å². The van der Waals surface area contributed by atoms with Crippen molar-refractivity contribution >= 4 is 22.7 Å². The molecule has 184 valence electrons. The van der Waals surface area contributed by atoms with E-state index in [9.17, 15) is 9.59 Å². The van der Waals surface area contributed by atoms with Crippen LogP contribution >= 0.6 is 0 Å². The summed E-state index contributed by atoms with van der Waals surface area (Å²) in [6.07, 6.45) is 3.92. The van der Waals surface area contributed by atoms with Crippen molar-refractivity contribution in [2.24, 2.45) is 11.7 Å². The Balaban J connectivity index is 1.50. The molecular formula is C31H33N3O2. The van der Waals surface area contributed by atoms with Crippen molar-refractivity contribution in [3.8, 4) is 0 Å². The van der Waals surface area contributed by atoms with Gasteiger partial charge in [-0.1, -0.05) is 78.4 Å². The number of para-hydroxylation sites is 1. The zero-order valence-electron chi connectivity index (χ0n) is 20.8. The molecule has 5 rings (SSSR count).